The van der Waals surface area contributed by atoms with Crippen molar-refractivity contribution in [2.24, 2.45) is 17.8 Å². The molecule has 3 nitrogen and oxygen atoms in total. The minimum atomic E-state index is -0.981. The van der Waals surface area contributed by atoms with Gasteiger partial charge in [0, 0.05) is 12.7 Å². The Morgan fingerprint density at radius 2 is 2.14 bits per heavy atom. The van der Waals surface area contributed by atoms with Gasteiger partial charge in [-0.2, -0.15) is 0 Å². The van der Waals surface area contributed by atoms with Crippen LogP contribution in [0.25, 0.3) is 0 Å². The Labute approximate surface area is 83.8 Å². The topological polar surface area (TPSA) is 57.5 Å². The second-order valence-corrected chi connectivity index (χ2v) is 3.77. The fraction of sp³-hybridized carbons (Fsp3) is 0.545. The number of hydrogen-bond acceptors (Lipinski definition) is 2. The lowest BCUT2D eigenvalue weighted by Crippen LogP contribution is -2.10. The first-order valence-corrected chi connectivity index (χ1v) is 4.82. The first-order valence-electron chi connectivity index (χ1n) is 4.82. The number of aliphatic carboxylic acids is 1. The van der Waals surface area contributed by atoms with Crippen LogP contribution in [-0.2, 0) is 4.79 Å². The van der Waals surface area contributed by atoms with E-state index < -0.39 is 5.97 Å². The summed E-state index contributed by atoms with van der Waals surface area (Å²) in [5.74, 6) is 1.15. The van der Waals surface area contributed by atoms with E-state index in [0.29, 0.717) is 12.5 Å². The van der Waals surface area contributed by atoms with Gasteiger partial charge < -0.3 is 10.2 Å². The second kappa shape index (κ2) is 4.96. The van der Waals surface area contributed by atoms with Crippen LogP contribution < -0.4 is 0 Å². The van der Waals surface area contributed by atoms with Gasteiger partial charge in [0.2, 0.25) is 0 Å². The van der Waals surface area contributed by atoms with Crippen LogP contribution in [0.4, 0.5) is 0 Å². The van der Waals surface area contributed by atoms with Gasteiger partial charge in [-0.05, 0) is 30.6 Å². The predicted molar refractivity (Wildman–Crippen MR) is 53.8 cm³/mol. The molecule has 0 heterocycles. The Kier molecular flexibility index (Phi) is 3.89. The standard InChI is InChI=1S/C8H12O.C3H4O2/c9-5-8-4-6-1-2-7(8)3-6;1-2-3(4)5/h1-2,6-9H,3-5H2;2H,1H2,(H,4,5). The van der Waals surface area contributed by atoms with Crippen LogP contribution in [0.5, 0.6) is 0 Å². The van der Waals surface area contributed by atoms with E-state index in [1.54, 1.807) is 0 Å². The smallest absolute Gasteiger partial charge is 0.327 e. The average Bonchev–Trinajstić information content (AvgIpc) is 2.79. The van der Waals surface area contributed by atoms with Crippen molar-refractivity contribution in [3.05, 3.63) is 24.8 Å². The molecule has 0 aliphatic heterocycles. The molecule has 0 spiro atoms. The zero-order valence-corrected chi connectivity index (χ0v) is 8.10. The Morgan fingerprint density at radius 1 is 1.50 bits per heavy atom. The number of hydrogen-bond donors (Lipinski definition) is 2. The van der Waals surface area contributed by atoms with Crippen LogP contribution in [0.15, 0.2) is 24.8 Å². The lowest BCUT2D eigenvalue weighted by atomic mass is 9.95. The van der Waals surface area contributed by atoms with Gasteiger partial charge in [0.1, 0.15) is 0 Å². The largest absolute Gasteiger partial charge is 0.478 e. The van der Waals surface area contributed by atoms with Crippen molar-refractivity contribution in [1.29, 1.82) is 0 Å². The van der Waals surface area contributed by atoms with Crippen molar-refractivity contribution in [2.75, 3.05) is 6.61 Å². The van der Waals surface area contributed by atoms with Crippen LogP contribution in [0, 0.1) is 17.8 Å². The molecule has 2 aliphatic carbocycles. The van der Waals surface area contributed by atoms with Crippen LogP contribution >= 0.6 is 0 Å². The Hall–Kier alpha value is -1.09. The number of carboxylic acids is 1. The summed E-state index contributed by atoms with van der Waals surface area (Å²) in [6.07, 6.45) is 7.95. The third-order valence-corrected chi connectivity index (χ3v) is 2.83. The van der Waals surface area contributed by atoms with Gasteiger partial charge in [0.05, 0.1) is 0 Å². The molecule has 0 radical (unpaired) electrons. The van der Waals surface area contributed by atoms with E-state index in [9.17, 15) is 4.79 Å². The molecule has 78 valence electrons. The normalized spacial score (nSPS) is 32.2. The molecule has 3 atom stereocenters. The molecule has 0 aromatic carbocycles. The molecule has 2 bridgehead atoms. The highest BCUT2D eigenvalue weighted by atomic mass is 16.4. The molecule has 0 aromatic rings. The fourth-order valence-corrected chi connectivity index (χ4v) is 2.10. The molecular formula is C11H16O3. The summed E-state index contributed by atoms with van der Waals surface area (Å²) in [5, 5.41) is 16.5. The van der Waals surface area contributed by atoms with E-state index >= 15 is 0 Å². The van der Waals surface area contributed by atoms with Gasteiger partial charge in [-0.3, -0.25) is 0 Å². The summed E-state index contributed by atoms with van der Waals surface area (Å²) < 4.78 is 0. The van der Waals surface area contributed by atoms with Crippen molar-refractivity contribution in [3.8, 4) is 0 Å². The molecule has 2 aliphatic rings. The van der Waals surface area contributed by atoms with E-state index in [-0.39, 0.29) is 0 Å². The van der Waals surface area contributed by atoms with Gasteiger partial charge >= 0.3 is 5.97 Å². The minimum absolute atomic E-state index is 0.394. The van der Waals surface area contributed by atoms with E-state index in [0.717, 1.165) is 17.9 Å². The number of carbonyl (C=O) groups is 1. The highest BCUT2D eigenvalue weighted by molar-refractivity contribution is 5.78. The lowest BCUT2D eigenvalue weighted by molar-refractivity contribution is -0.131. The van der Waals surface area contributed by atoms with E-state index in [2.05, 4.69) is 18.7 Å². The van der Waals surface area contributed by atoms with Crippen LogP contribution in [-0.4, -0.2) is 22.8 Å². The summed E-state index contributed by atoms with van der Waals surface area (Å²) in [6, 6.07) is 0. The molecule has 3 unspecified atom stereocenters. The summed E-state index contributed by atoms with van der Waals surface area (Å²) in [4.78, 5) is 9.25. The summed E-state index contributed by atoms with van der Waals surface area (Å²) in [7, 11) is 0. The highest BCUT2D eigenvalue weighted by Crippen LogP contribution is 2.42. The minimum Gasteiger partial charge on any atom is -0.478 e. The van der Waals surface area contributed by atoms with Gasteiger partial charge in [-0.25, -0.2) is 4.79 Å². The third-order valence-electron chi connectivity index (χ3n) is 2.83. The number of carboxylic acid groups (broad SMARTS) is 1. The van der Waals surface area contributed by atoms with Crippen LogP contribution in [0.1, 0.15) is 12.8 Å². The number of allylic oxidation sites excluding steroid dienone is 2. The number of fused-ring (bicyclic) bond motifs is 2. The van der Waals surface area contributed by atoms with Crippen molar-refractivity contribution >= 4 is 5.97 Å². The van der Waals surface area contributed by atoms with Crippen molar-refractivity contribution in [3.63, 3.8) is 0 Å². The Balaban J connectivity index is 0.000000171. The van der Waals surface area contributed by atoms with Crippen molar-refractivity contribution in [1.82, 2.24) is 0 Å². The first-order chi connectivity index (χ1) is 6.67. The molecule has 2 rings (SSSR count). The molecule has 2 N–H and O–H groups in total. The Bertz CT molecular complexity index is 245. The SMILES string of the molecule is C=CC(=O)O.OCC1CC2C=CC1C2. The molecule has 0 amide bonds. The van der Waals surface area contributed by atoms with Crippen molar-refractivity contribution < 1.29 is 15.0 Å². The second-order valence-electron chi connectivity index (χ2n) is 3.77. The van der Waals surface area contributed by atoms with E-state index in [1.165, 1.54) is 12.8 Å². The summed E-state index contributed by atoms with van der Waals surface area (Å²) in [5.41, 5.74) is 0. The zero-order chi connectivity index (χ0) is 10.6. The fourth-order valence-electron chi connectivity index (χ4n) is 2.10. The molecule has 1 saturated carbocycles. The maximum atomic E-state index is 9.25. The number of rotatable bonds is 2. The molecule has 14 heavy (non-hydrogen) atoms. The average molecular weight is 196 g/mol. The van der Waals surface area contributed by atoms with Crippen LogP contribution in [0.3, 0.4) is 0 Å². The van der Waals surface area contributed by atoms with Gasteiger partial charge in [0.15, 0.2) is 0 Å². The molecule has 1 fully saturated rings. The van der Waals surface area contributed by atoms with Gasteiger partial charge in [-0.1, -0.05) is 18.7 Å². The zero-order valence-electron chi connectivity index (χ0n) is 8.10. The maximum absolute atomic E-state index is 9.25. The predicted octanol–water partition coefficient (Wildman–Crippen LogP) is 1.45. The molecular weight excluding hydrogens is 180 g/mol. The van der Waals surface area contributed by atoms with Gasteiger partial charge in [-0.15, -0.1) is 0 Å². The summed E-state index contributed by atoms with van der Waals surface area (Å²) in [6.45, 7) is 3.36. The molecule has 3 heteroatoms. The lowest BCUT2D eigenvalue weighted by Gasteiger charge is -2.13. The number of aliphatic hydroxyl groups is 1. The first kappa shape index (κ1) is 11.0. The molecule has 0 saturated heterocycles. The monoisotopic (exact) mass is 196 g/mol. The third kappa shape index (κ3) is 2.70. The summed E-state index contributed by atoms with van der Waals surface area (Å²) >= 11 is 0. The Morgan fingerprint density at radius 3 is 2.36 bits per heavy atom. The maximum Gasteiger partial charge on any atom is 0.327 e. The van der Waals surface area contributed by atoms with Crippen LogP contribution in [0.2, 0.25) is 0 Å². The number of aliphatic hydroxyl groups excluding tert-OH is 1. The quantitative estimate of drug-likeness (QED) is 0.519. The van der Waals surface area contributed by atoms with E-state index in [4.69, 9.17) is 10.2 Å². The highest BCUT2D eigenvalue weighted by Gasteiger charge is 2.34. The van der Waals surface area contributed by atoms with Crippen molar-refractivity contribution in [2.45, 2.75) is 12.8 Å². The van der Waals surface area contributed by atoms with Gasteiger partial charge in [0.25, 0.3) is 0 Å². The molecule has 0 aromatic heterocycles. The van der Waals surface area contributed by atoms with E-state index in [1.807, 2.05) is 0 Å².